The highest BCUT2D eigenvalue weighted by Crippen LogP contribution is 2.34. The number of aliphatic imine (C=N–C) groups is 2. The summed E-state index contributed by atoms with van der Waals surface area (Å²) in [6, 6.07) is 7.17. The number of para-hydroxylation sites is 1. The molecule has 0 bridgehead atoms. The fourth-order valence-electron chi connectivity index (χ4n) is 2.63. The number of rotatable bonds is 4. The topological polar surface area (TPSA) is 71.3 Å². The van der Waals surface area contributed by atoms with Gasteiger partial charge in [-0.2, -0.15) is 0 Å². The quantitative estimate of drug-likeness (QED) is 0.787. The van der Waals surface area contributed by atoms with Crippen molar-refractivity contribution in [3.8, 4) is 0 Å². The second-order valence-electron chi connectivity index (χ2n) is 5.82. The molecule has 7 heteroatoms. The second kappa shape index (κ2) is 6.76. The van der Waals surface area contributed by atoms with E-state index in [2.05, 4.69) is 9.98 Å². The van der Waals surface area contributed by atoms with E-state index in [9.17, 15) is 9.59 Å². The van der Waals surface area contributed by atoms with Crippen LogP contribution in [0.4, 0.5) is 5.69 Å². The number of fused-ring (bicyclic) bond motifs is 3. The predicted octanol–water partition coefficient (Wildman–Crippen LogP) is 2.60. The number of amidine groups is 2. The third-order valence-corrected chi connectivity index (χ3v) is 4.67. The summed E-state index contributed by atoms with van der Waals surface area (Å²) < 4.78 is 4.95. The van der Waals surface area contributed by atoms with E-state index in [0.29, 0.717) is 17.6 Å². The molecule has 1 unspecified atom stereocenters. The molecule has 0 aromatic heterocycles. The van der Waals surface area contributed by atoms with Gasteiger partial charge in [-0.15, -0.1) is 0 Å². The lowest BCUT2D eigenvalue weighted by molar-refractivity contribution is -0.139. The zero-order valence-corrected chi connectivity index (χ0v) is 14.7. The lowest BCUT2D eigenvalue weighted by Gasteiger charge is -2.25. The highest BCUT2D eigenvalue weighted by Gasteiger charge is 2.42. The van der Waals surface area contributed by atoms with Crippen molar-refractivity contribution in [3.63, 3.8) is 0 Å². The normalized spacial score (nSPS) is 18.9. The Morgan fingerprint density at radius 1 is 1.38 bits per heavy atom. The third-order valence-electron chi connectivity index (χ3n) is 3.75. The molecule has 0 radical (unpaired) electrons. The second-order valence-corrected chi connectivity index (χ2v) is 6.76. The first-order valence-corrected chi connectivity index (χ1v) is 8.89. The Labute approximate surface area is 145 Å². The maximum atomic E-state index is 12.8. The van der Waals surface area contributed by atoms with Crippen LogP contribution in [0.5, 0.6) is 0 Å². The van der Waals surface area contributed by atoms with Crippen molar-refractivity contribution >= 4 is 40.3 Å². The largest absolute Gasteiger partial charge is 0.465 e. The number of ether oxygens (including phenoxy) is 1. The third kappa shape index (κ3) is 2.96. The first-order valence-electron chi connectivity index (χ1n) is 7.91. The minimum absolute atomic E-state index is 0.0930. The Balaban J connectivity index is 1.95. The number of carbonyl (C=O) groups is 2. The summed E-state index contributed by atoms with van der Waals surface area (Å²) in [5.41, 5.74) is 1.60. The average molecular weight is 345 g/mol. The van der Waals surface area contributed by atoms with E-state index in [4.69, 9.17) is 4.74 Å². The molecular weight excluding hydrogens is 326 g/mol. The van der Waals surface area contributed by atoms with Crippen LogP contribution >= 0.6 is 11.8 Å². The summed E-state index contributed by atoms with van der Waals surface area (Å²) in [5, 5.41) is 0.480. The monoisotopic (exact) mass is 345 g/mol. The van der Waals surface area contributed by atoms with Crippen LogP contribution in [0.3, 0.4) is 0 Å². The van der Waals surface area contributed by atoms with Gasteiger partial charge in [-0.05, 0) is 25.0 Å². The number of esters is 1. The Morgan fingerprint density at radius 3 is 2.83 bits per heavy atom. The average Bonchev–Trinajstić information content (AvgIpc) is 2.91. The van der Waals surface area contributed by atoms with Crippen LogP contribution in [-0.2, 0) is 14.3 Å². The molecule has 0 aliphatic carbocycles. The van der Waals surface area contributed by atoms with E-state index >= 15 is 0 Å². The van der Waals surface area contributed by atoms with Gasteiger partial charge in [-0.1, -0.05) is 37.7 Å². The molecular formula is C17H19N3O3S. The van der Waals surface area contributed by atoms with E-state index in [1.807, 2.05) is 38.1 Å². The molecule has 2 heterocycles. The zero-order chi connectivity index (χ0) is 17.3. The maximum absolute atomic E-state index is 12.8. The highest BCUT2D eigenvalue weighted by molar-refractivity contribution is 8.14. The van der Waals surface area contributed by atoms with Gasteiger partial charge in [0, 0.05) is 5.56 Å². The van der Waals surface area contributed by atoms with Crippen molar-refractivity contribution in [1.29, 1.82) is 0 Å². The SMILES string of the molecule is CCOC(=O)CSC1=Nc2ccccc2C2=NC(C(C)C)C(=O)N12. The summed E-state index contributed by atoms with van der Waals surface area (Å²) in [6.07, 6.45) is 0. The molecule has 0 N–H and O–H groups in total. The number of hydrogen-bond acceptors (Lipinski definition) is 6. The number of benzene rings is 1. The molecule has 0 saturated carbocycles. The molecule has 126 valence electrons. The summed E-state index contributed by atoms with van der Waals surface area (Å²) in [5.74, 6) is 0.409. The van der Waals surface area contributed by atoms with Gasteiger partial charge in [0.25, 0.3) is 5.91 Å². The van der Waals surface area contributed by atoms with Gasteiger partial charge in [0.15, 0.2) is 5.17 Å². The minimum Gasteiger partial charge on any atom is -0.465 e. The maximum Gasteiger partial charge on any atom is 0.316 e. The van der Waals surface area contributed by atoms with Crippen LogP contribution in [0.2, 0.25) is 0 Å². The van der Waals surface area contributed by atoms with Gasteiger partial charge in [-0.25, -0.2) is 9.89 Å². The predicted molar refractivity (Wildman–Crippen MR) is 94.6 cm³/mol. The summed E-state index contributed by atoms with van der Waals surface area (Å²) in [7, 11) is 0. The van der Waals surface area contributed by atoms with Gasteiger partial charge >= 0.3 is 5.97 Å². The number of thioether (sulfide) groups is 1. The highest BCUT2D eigenvalue weighted by atomic mass is 32.2. The smallest absolute Gasteiger partial charge is 0.316 e. The van der Waals surface area contributed by atoms with Crippen LogP contribution in [0, 0.1) is 5.92 Å². The van der Waals surface area contributed by atoms with E-state index in [1.165, 1.54) is 16.7 Å². The van der Waals surface area contributed by atoms with Crippen LogP contribution in [-0.4, -0.2) is 46.2 Å². The molecule has 1 aromatic carbocycles. The standard InChI is InChI=1S/C17H19N3O3S/c1-4-23-13(21)9-24-17-18-12-8-6-5-7-11(12)15-19-14(10(2)3)16(22)20(15)17/h5-8,10,14H,4,9H2,1-3H3. The number of nitrogens with zero attached hydrogens (tertiary/aromatic N) is 3. The summed E-state index contributed by atoms with van der Waals surface area (Å²) in [4.78, 5) is 35.1. The van der Waals surface area contributed by atoms with E-state index in [1.54, 1.807) is 6.92 Å². The first-order chi connectivity index (χ1) is 11.5. The molecule has 2 aliphatic heterocycles. The van der Waals surface area contributed by atoms with Gasteiger partial charge < -0.3 is 4.74 Å². The molecule has 0 saturated heterocycles. The number of amides is 1. The van der Waals surface area contributed by atoms with Crippen molar-refractivity contribution in [2.45, 2.75) is 26.8 Å². The van der Waals surface area contributed by atoms with Crippen LogP contribution < -0.4 is 0 Å². The van der Waals surface area contributed by atoms with Gasteiger partial charge in [-0.3, -0.25) is 14.6 Å². The van der Waals surface area contributed by atoms with Gasteiger partial charge in [0.05, 0.1) is 18.0 Å². The lowest BCUT2D eigenvalue weighted by Crippen LogP contribution is -2.42. The molecule has 3 rings (SSSR count). The van der Waals surface area contributed by atoms with Gasteiger partial charge in [0.2, 0.25) is 0 Å². The number of hydrogen-bond donors (Lipinski definition) is 0. The van der Waals surface area contributed by atoms with Crippen LogP contribution in [0.1, 0.15) is 26.3 Å². The molecule has 1 atom stereocenters. The Kier molecular flexibility index (Phi) is 4.71. The first kappa shape index (κ1) is 16.7. The molecule has 1 aromatic rings. The Hall–Kier alpha value is -2.15. The molecule has 6 nitrogen and oxygen atoms in total. The summed E-state index contributed by atoms with van der Waals surface area (Å²) in [6.45, 7) is 6.04. The van der Waals surface area contributed by atoms with Crippen molar-refractivity contribution < 1.29 is 14.3 Å². The van der Waals surface area contributed by atoms with E-state index in [0.717, 1.165) is 11.3 Å². The van der Waals surface area contributed by atoms with E-state index < -0.39 is 6.04 Å². The molecule has 1 amide bonds. The zero-order valence-electron chi connectivity index (χ0n) is 13.9. The fraction of sp³-hybridized carbons (Fsp3) is 0.412. The van der Waals surface area contributed by atoms with Crippen molar-refractivity contribution in [1.82, 2.24) is 4.90 Å². The molecule has 0 fully saturated rings. The van der Waals surface area contributed by atoms with Crippen LogP contribution in [0.15, 0.2) is 34.3 Å². The molecule has 24 heavy (non-hydrogen) atoms. The lowest BCUT2D eigenvalue weighted by atomic mass is 10.1. The van der Waals surface area contributed by atoms with E-state index in [-0.39, 0.29) is 23.5 Å². The molecule has 2 aliphatic rings. The molecule has 0 spiro atoms. The summed E-state index contributed by atoms with van der Waals surface area (Å²) >= 11 is 1.20. The minimum atomic E-state index is -0.417. The Bertz CT molecular complexity index is 742. The fourth-order valence-corrected chi connectivity index (χ4v) is 3.43. The van der Waals surface area contributed by atoms with Crippen molar-refractivity contribution in [2.24, 2.45) is 15.9 Å². The van der Waals surface area contributed by atoms with Crippen molar-refractivity contribution in [3.05, 3.63) is 29.8 Å². The van der Waals surface area contributed by atoms with Gasteiger partial charge in [0.1, 0.15) is 11.9 Å². The number of carbonyl (C=O) groups excluding carboxylic acids is 2. The van der Waals surface area contributed by atoms with Crippen molar-refractivity contribution in [2.75, 3.05) is 12.4 Å². The van der Waals surface area contributed by atoms with Crippen LogP contribution in [0.25, 0.3) is 0 Å². The Morgan fingerprint density at radius 2 is 2.12 bits per heavy atom.